The van der Waals surface area contributed by atoms with E-state index in [2.05, 4.69) is 87.2 Å². The standard InChI is InChI=1S/C52H37NO12S2.C40H30O3/c1-32-6-9-35(10-7-32)49(54)37-15-21-40(22-16-37)61-43-4-3-5-44(29-43)62-41-23-17-38(18-24-41)50(55)36-13-11-34(12-14-36)46-27-8-33(2)28-47(46)51(56)39-19-25-42(26-20-39)63-52-48(66-65-64-57)30-45(31-53-52)67(58,59)60;1-27-11-13-28(14-12-27)39(41)29-15-21-33(22-16-29)43-34-25-19-31(20-26-34)40(30-17-23-32(42-2)24-18-30)37-9-5-3-7-35(37)36-8-4-6-10-38(36)40/h3-31,57H,1-2H3,(H,58,59,60);3-26H,1-2H3. The number of ether oxygens (including phenoxy) is 5. The lowest BCUT2D eigenvalue weighted by Crippen LogP contribution is -2.28. The zero-order valence-electron chi connectivity index (χ0n) is 59.6. The van der Waals surface area contributed by atoms with Crippen LogP contribution in [0.2, 0.25) is 0 Å². The van der Waals surface area contributed by atoms with E-state index < -0.39 is 20.4 Å². The van der Waals surface area contributed by atoms with Crippen molar-refractivity contribution >= 4 is 45.3 Å². The maximum Gasteiger partial charge on any atom is 0.296 e. The van der Waals surface area contributed by atoms with Gasteiger partial charge in [0.1, 0.15) is 55.8 Å². The van der Waals surface area contributed by atoms with E-state index in [0.29, 0.717) is 90.9 Å². The number of hydrogen-bond donors (Lipinski definition) is 2. The van der Waals surface area contributed by atoms with Gasteiger partial charge in [0, 0.05) is 50.6 Å². The Morgan fingerprint density at radius 3 is 1.17 bits per heavy atom. The Morgan fingerprint density at radius 1 is 0.373 bits per heavy atom. The molecule has 15 rings (SSSR count). The lowest BCUT2D eigenvalue weighted by atomic mass is 9.68. The van der Waals surface area contributed by atoms with Gasteiger partial charge < -0.3 is 23.7 Å². The molecule has 0 radical (unpaired) electrons. The monoisotopic (exact) mass is 1490 g/mol. The number of nitrogens with zero attached hydrogens (tertiary/aromatic N) is 1. The summed E-state index contributed by atoms with van der Waals surface area (Å²) in [6.45, 7) is 5.86. The number of fused-ring (bicyclic) bond motifs is 3. The van der Waals surface area contributed by atoms with Gasteiger partial charge in [0.15, 0.2) is 23.1 Å². The zero-order chi connectivity index (χ0) is 76.5. The first-order chi connectivity index (χ1) is 53.4. The number of methoxy groups -OCH3 is 1. The van der Waals surface area contributed by atoms with Crippen LogP contribution in [0.3, 0.4) is 0 Å². The Bertz CT molecular complexity index is 5790. The number of benzene rings is 13. The molecule has 1 aliphatic carbocycles. The highest BCUT2D eigenvalue weighted by atomic mass is 32.2. The molecule has 0 unspecified atom stereocenters. The fourth-order valence-corrected chi connectivity index (χ4v) is 14.1. The van der Waals surface area contributed by atoms with Crippen molar-refractivity contribution in [2.45, 2.75) is 36.0 Å². The van der Waals surface area contributed by atoms with Crippen LogP contribution in [0.25, 0.3) is 22.3 Å². The van der Waals surface area contributed by atoms with E-state index in [1.54, 1.807) is 122 Å². The molecule has 0 spiro atoms. The van der Waals surface area contributed by atoms with E-state index in [4.69, 9.17) is 28.9 Å². The molecule has 0 saturated heterocycles. The Balaban J connectivity index is 0.000000201. The summed E-state index contributed by atoms with van der Waals surface area (Å²) in [6.07, 6.45) is 0.878. The second-order valence-corrected chi connectivity index (χ2v) is 28.1. The second-order valence-electron chi connectivity index (χ2n) is 25.9. The van der Waals surface area contributed by atoms with Crippen LogP contribution in [-0.4, -0.2) is 53.5 Å². The maximum absolute atomic E-state index is 14.0. The third kappa shape index (κ3) is 16.2. The summed E-state index contributed by atoms with van der Waals surface area (Å²) < 4.78 is 66.6. The van der Waals surface area contributed by atoms with Crippen LogP contribution in [-0.2, 0) is 24.9 Å². The van der Waals surface area contributed by atoms with E-state index in [0.717, 1.165) is 51.6 Å². The van der Waals surface area contributed by atoms with Crippen molar-refractivity contribution in [2.24, 2.45) is 0 Å². The third-order valence-corrected chi connectivity index (χ3v) is 20.1. The van der Waals surface area contributed by atoms with E-state index in [1.165, 1.54) is 39.9 Å². The van der Waals surface area contributed by atoms with Gasteiger partial charge in [-0.15, -0.1) is 4.33 Å². The number of rotatable bonds is 24. The molecule has 1 heterocycles. The first kappa shape index (κ1) is 73.7. The quantitative estimate of drug-likeness (QED) is 0.0189. The minimum atomic E-state index is -4.60. The van der Waals surface area contributed by atoms with Crippen molar-refractivity contribution in [1.29, 1.82) is 0 Å². The van der Waals surface area contributed by atoms with Gasteiger partial charge in [-0.1, -0.05) is 186 Å². The number of aryl methyl sites for hydroxylation is 3. The van der Waals surface area contributed by atoms with E-state index in [-0.39, 0.29) is 39.7 Å². The Hall–Kier alpha value is -13.2. The summed E-state index contributed by atoms with van der Waals surface area (Å²) in [7, 11) is -2.91. The highest BCUT2D eigenvalue weighted by Gasteiger charge is 2.46. The Morgan fingerprint density at radius 2 is 0.745 bits per heavy atom. The Labute approximate surface area is 639 Å². The SMILES string of the molecule is COc1ccc(C2(c3ccc(Oc4ccc(C(=O)c5ccc(C)cc5)cc4)cc3)c3ccccc3-c3ccccc32)cc1.Cc1ccc(C(=O)c2ccc(Oc3cccc(Oc4ccc(C(=O)c5ccc(-c6ccc(C)cc6C(=O)c6ccc(Oc7ncc(S(=O)(=O)O)cc7SOOO)cc6)cc5)cc4)c3)cc2)cc1. The third-order valence-electron chi connectivity index (χ3n) is 18.7. The molecule has 0 amide bonds. The number of carbonyl (C=O) groups excluding carboxylic acids is 4. The number of pyridine rings is 1. The van der Waals surface area contributed by atoms with E-state index >= 15 is 0 Å². The van der Waals surface area contributed by atoms with Gasteiger partial charge in [0.05, 0.1) is 30.8 Å². The number of hydrogen-bond acceptors (Lipinski definition) is 16. The average molecular weight is 1490 g/mol. The van der Waals surface area contributed by atoms with Crippen LogP contribution in [0.15, 0.2) is 331 Å². The number of ketones is 4. The summed E-state index contributed by atoms with van der Waals surface area (Å²) >= 11 is 0.384. The van der Waals surface area contributed by atoms with Crippen molar-refractivity contribution in [3.8, 4) is 74.1 Å². The van der Waals surface area contributed by atoms with Gasteiger partial charge in [-0.05, 0) is 211 Å². The molecule has 13 aromatic carbocycles. The first-order valence-electron chi connectivity index (χ1n) is 34.7. The average Bonchev–Trinajstić information content (AvgIpc) is 1.54. The molecule has 0 bridgehead atoms. The van der Waals surface area contributed by atoms with E-state index in [9.17, 15) is 32.1 Å². The molecule has 2 N–H and O–H groups in total. The molecule has 1 aliphatic rings. The van der Waals surface area contributed by atoms with Crippen molar-refractivity contribution in [1.82, 2.24) is 4.98 Å². The topological polar surface area (TPSA) is 220 Å². The summed E-state index contributed by atoms with van der Waals surface area (Å²) in [5.74, 6) is 3.91. The number of aromatic nitrogens is 1. The van der Waals surface area contributed by atoms with Crippen LogP contribution >= 0.6 is 12.0 Å². The predicted octanol–water partition coefficient (Wildman–Crippen LogP) is 21.5. The predicted molar refractivity (Wildman–Crippen MR) is 420 cm³/mol. The molecule has 110 heavy (non-hydrogen) atoms. The maximum atomic E-state index is 14.0. The minimum Gasteiger partial charge on any atom is -0.497 e. The largest absolute Gasteiger partial charge is 0.497 e. The fraction of sp³-hybridized carbons (Fsp3) is 0.0543. The summed E-state index contributed by atoms with van der Waals surface area (Å²) in [5, 5.41) is 12.2. The van der Waals surface area contributed by atoms with Gasteiger partial charge in [-0.2, -0.15) is 8.42 Å². The van der Waals surface area contributed by atoms with Gasteiger partial charge >= 0.3 is 0 Å². The highest BCUT2D eigenvalue weighted by molar-refractivity contribution is 7.94. The highest BCUT2D eigenvalue weighted by Crippen LogP contribution is 2.56. The van der Waals surface area contributed by atoms with Gasteiger partial charge in [0.2, 0.25) is 5.88 Å². The molecular weight excluding hydrogens is 1420 g/mol. The molecule has 1 aromatic heterocycles. The second kappa shape index (κ2) is 32.5. The summed E-state index contributed by atoms with van der Waals surface area (Å²) in [4.78, 5) is 56.7. The van der Waals surface area contributed by atoms with Gasteiger partial charge in [-0.25, -0.2) is 10.2 Å². The first-order valence-corrected chi connectivity index (χ1v) is 36.9. The molecule has 542 valence electrons. The van der Waals surface area contributed by atoms with Crippen LogP contribution in [0, 0.1) is 20.8 Å². The molecule has 18 heteroatoms. The molecule has 0 saturated carbocycles. The molecule has 0 aliphatic heterocycles. The molecule has 0 fully saturated rings. The van der Waals surface area contributed by atoms with Gasteiger partial charge in [0.25, 0.3) is 10.1 Å². The van der Waals surface area contributed by atoms with Crippen LogP contribution in [0.4, 0.5) is 0 Å². The fourth-order valence-electron chi connectivity index (χ4n) is 13.2. The van der Waals surface area contributed by atoms with E-state index in [1.807, 2.05) is 130 Å². The molecule has 16 nitrogen and oxygen atoms in total. The Kier molecular flexibility index (Phi) is 21.8. The van der Waals surface area contributed by atoms with Gasteiger partial charge in [-0.3, -0.25) is 23.7 Å². The van der Waals surface area contributed by atoms with Crippen molar-refractivity contribution in [3.05, 3.63) is 405 Å². The van der Waals surface area contributed by atoms with Crippen LogP contribution < -0.4 is 23.7 Å². The van der Waals surface area contributed by atoms with Crippen LogP contribution in [0.1, 0.15) is 103 Å². The van der Waals surface area contributed by atoms with Crippen molar-refractivity contribution < 1.29 is 70.5 Å². The molecule has 14 aromatic rings. The zero-order valence-corrected chi connectivity index (χ0v) is 61.2. The minimum absolute atomic E-state index is 0.00291. The lowest BCUT2D eigenvalue weighted by Gasteiger charge is -2.34. The summed E-state index contributed by atoms with van der Waals surface area (Å²) in [5.41, 5.74) is 15.4. The summed E-state index contributed by atoms with van der Waals surface area (Å²) in [6, 6.07) is 97.1. The smallest absolute Gasteiger partial charge is 0.296 e. The van der Waals surface area contributed by atoms with Crippen molar-refractivity contribution in [3.63, 3.8) is 0 Å². The van der Waals surface area contributed by atoms with Crippen molar-refractivity contribution in [2.75, 3.05) is 7.11 Å². The lowest BCUT2D eigenvalue weighted by molar-refractivity contribution is -0.432. The number of carbonyl (C=O) groups is 4. The molecule has 0 atom stereocenters. The molecular formula is C92H67NO15S2. The van der Waals surface area contributed by atoms with Crippen LogP contribution in [0.5, 0.6) is 51.9 Å². The normalized spacial score (nSPS) is 11.8.